The van der Waals surface area contributed by atoms with Crippen molar-refractivity contribution in [1.82, 2.24) is 5.06 Å². The van der Waals surface area contributed by atoms with E-state index in [-0.39, 0.29) is 12.0 Å². The van der Waals surface area contributed by atoms with Gasteiger partial charge in [0.1, 0.15) is 6.10 Å². The van der Waals surface area contributed by atoms with E-state index in [4.69, 9.17) is 40.3 Å². The number of thiocarbonyl (C=S) groups is 1. The molecule has 0 saturated heterocycles. The third-order valence-corrected chi connectivity index (χ3v) is 5.88. The Balaban J connectivity index is 2.12. The molecule has 128 valence electrons. The van der Waals surface area contributed by atoms with Gasteiger partial charge in [0, 0.05) is 5.57 Å². The Morgan fingerprint density at radius 1 is 1.38 bits per heavy atom. The summed E-state index contributed by atoms with van der Waals surface area (Å²) in [7, 11) is 0. The maximum atomic E-state index is 11.5. The minimum absolute atomic E-state index is 0.120. The van der Waals surface area contributed by atoms with E-state index in [1.54, 1.807) is 6.07 Å². The van der Waals surface area contributed by atoms with Gasteiger partial charge in [-0.05, 0) is 48.8 Å². The second kappa shape index (κ2) is 6.75. The molecular formula is C18H19Cl2NO2S. The monoisotopic (exact) mass is 383 g/mol. The number of halogens is 2. The van der Waals surface area contributed by atoms with Gasteiger partial charge >= 0.3 is 0 Å². The van der Waals surface area contributed by atoms with Gasteiger partial charge in [-0.1, -0.05) is 55.3 Å². The van der Waals surface area contributed by atoms with Crippen LogP contribution in [0.4, 0.5) is 0 Å². The Hall–Kier alpha value is -0.940. The number of hydrogen-bond donors (Lipinski definition) is 0. The summed E-state index contributed by atoms with van der Waals surface area (Å²) in [5.41, 5.74) is 3.51. The summed E-state index contributed by atoms with van der Waals surface area (Å²) < 4.78 is 0. The number of hydroxylamine groups is 2. The lowest BCUT2D eigenvalue weighted by Gasteiger charge is -2.17. The number of hydrogen-bond acceptors (Lipinski definition) is 3. The molecule has 3 nitrogen and oxygen atoms in total. The van der Waals surface area contributed by atoms with E-state index in [2.05, 4.69) is 0 Å². The lowest BCUT2D eigenvalue weighted by atomic mass is 9.91. The van der Waals surface area contributed by atoms with Crippen molar-refractivity contribution in [2.75, 3.05) is 0 Å². The van der Waals surface area contributed by atoms with Crippen LogP contribution in [0.25, 0.3) is 0 Å². The third kappa shape index (κ3) is 3.01. The van der Waals surface area contributed by atoms with Crippen molar-refractivity contribution < 1.29 is 9.63 Å². The van der Waals surface area contributed by atoms with Crippen LogP contribution in [0.15, 0.2) is 23.4 Å². The molecule has 1 saturated carbocycles. The van der Waals surface area contributed by atoms with Crippen molar-refractivity contribution in [3.05, 3.63) is 44.6 Å². The second-order valence-electron chi connectivity index (χ2n) is 6.61. The first-order valence-electron chi connectivity index (χ1n) is 8.01. The standard InChI is InChI=1S/C18H19Cl2NO2S/c1-9(2)16-14(17(11-4-5-11)23-21(16)8-22)18(24)12-6-7-13(19)15(20)10(12)3/h6-9,11,17H,4-5H2,1-3H3. The Kier molecular flexibility index (Phi) is 5.03. The predicted octanol–water partition coefficient (Wildman–Crippen LogP) is 5.11. The molecule has 6 heteroatoms. The van der Waals surface area contributed by atoms with Gasteiger partial charge in [-0.2, -0.15) is 5.06 Å². The van der Waals surface area contributed by atoms with E-state index in [0.717, 1.165) is 41.6 Å². The topological polar surface area (TPSA) is 29.5 Å². The molecule has 0 radical (unpaired) electrons. The summed E-state index contributed by atoms with van der Waals surface area (Å²) in [6, 6.07) is 3.65. The van der Waals surface area contributed by atoms with Gasteiger partial charge in [0.25, 0.3) is 0 Å². The van der Waals surface area contributed by atoms with Crippen LogP contribution in [0.5, 0.6) is 0 Å². The zero-order valence-electron chi connectivity index (χ0n) is 13.8. The molecule has 0 bridgehead atoms. The summed E-state index contributed by atoms with van der Waals surface area (Å²) >= 11 is 18.2. The van der Waals surface area contributed by atoms with Crippen LogP contribution in [0.1, 0.15) is 37.8 Å². The first-order valence-corrected chi connectivity index (χ1v) is 9.17. The Morgan fingerprint density at radius 3 is 2.58 bits per heavy atom. The molecule has 1 aromatic carbocycles. The lowest BCUT2D eigenvalue weighted by molar-refractivity contribution is -0.166. The van der Waals surface area contributed by atoms with Crippen LogP contribution in [0.3, 0.4) is 0 Å². The number of carbonyl (C=O) groups excluding carboxylic acids is 1. The van der Waals surface area contributed by atoms with Gasteiger partial charge in [-0.15, -0.1) is 0 Å². The number of carbonyl (C=O) groups is 1. The van der Waals surface area contributed by atoms with Gasteiger partial charge in [-0.25, -0.2) is 0 Å². The van der Waals surface area contributed by atoms with Gasteiger partial charge in [0.2, 0.25) is 6.41 Å². The molecule has 0 N–H and O–H groups in total. The predicted molar refractivity (Wildman–Crippen MR) is 100 cm³/mol. The number of nitrogens with zero attached hydrogens (tertiary/aromatic N) is 1. The van der Waals surface area contributed by atoms with Crippen molar-refractivity contribution >= 4 is 46.7 Å². The molecule has 1 unspecified atom stereocenters. The van der Waals surface area contributed by atoms with Crippen LogP contribution in [0, 0.1) is 18.8 Å². The molecular weight excluding hydrogens is 365 g/mol. The van der Waals surface area contributed by atoms with Gasteiger partial charge in [0.15, 0.2) is 0 Å². The molecule has 1 aromatic rings. The molecule has 0 aromatic heterocycles. The highest BCUT2D eigenvalue weighted by atomic mass is 35.5. The Labute approximate surface area is 157 Å². The highest BCUT2D eigenvalue weighted by Gasteiger charge is 2.45. The average Bonchev–Trinajstić information content (AvgIpc) is 3.31. The minimum atomic E-state index is -0.158. The average molecular weight is 384 g/mol. The SMILES string of the molecule is Cc1c(C(=S)C2=C(C(C)C)N(C=O)OC2C2CC2)ccc(Cl)c1Cl. The van der Waals surface area contributed by atoms with E-state index in [1.807, 2.05) is 26.8 Å². The van der Waals surface area contributed by atoms with Crippen LogP contribution in [-0.2, 0) is 9.63 Å². The fourth-order valence-corrected chi connectivity index (χ4v) is 3.96. The number of amides is 1. The third-order valence-electron chi connectivity index (χ3n) is 4.55. The quantitative estimate of drug-likeness (QED) is 0.401. The summed E-state index contributed by atoms with van der Waals surface area (Å²) in [5.74, 6) is 0.537. The van der Waals surface area contributed by atoms with Crippen LogP contribution >= 0.6 is 35.4 Å². The molecule has 1 atom stereocenters. The molecule has 0 spiro atoms. The van der Waals surface area contributed by atoms with Crippen molar-refractivity contribution in [3.63, 3.8) is 0 Å². The molecule has 1 aliphatic heterocycles. The molecule has 24 heavy (non-hydrogen) atoms. The molecule has 1 amide bonds. The maximum Gasteiger partial charge on any atom is 0.237 e. The van der Waals surface area contributed by atoms with Gasteiger partial charge in [0.05, 0.1) is 20.6 Å². The first kappa shape index (κ1) is 17.9. The van der Waals surface area contributed by atoms with Crippen molar-refractivity contribution in [3.8, 4) is 0 Å². The Morgan fingerprint density at radius 2 is 2.04 bits per heavy atom. The minimum Gasteiger partial charge on any atom is -0.276 e. The van der Waals surface area contributed by atoms with E-state index < -0.39 is 0 Å². The summed E-state index contributed by atoms with van der Waals surface area (Å²) in [5, 5.41) is 2.37. The van der Waals surface area contributed by atoms with Crippen molar-refractivity contribution in [2.24, 2.45) is 11.8 Å². The zero-order valence-corrected chi connectivity index (χ0v) is 16.1. The molecule has 3 rings (SSSR count). The normalized spacial score (nSPS) is 20.9. The number of rotatable bonds is 5. The van der Waals surface area contributed by atoms with Gasteiger partial charge in [-0.3, -0.25) is 9.63 Å². The highest BCUT2D eigenvalue weighted by Crippen LogP contribution is 2.45. The number of benzene rings is 1. The smallest absolute Gasteiger partial charge is 0.237 e. The largest absolute Gasteiger partial charge is 0.276 e. The molecule has 1 aliphatic carbocycles. The first-order chi connectivity index (χ1) is 11.4. The Bertz CT molecular complexity index is 741. The highest BCUT2D eigenvalue weighted by molar-refractivity contribution is 7.81. The van der Waals surface area contributed by atoms with Crippen LogP contribution in [-0.4, -0.2) is 22.4 Å². The van der Waals surface area contributed by atoms with Crippen LogP contribution < -0.4 is 0 Å². The molecule has 2 aliphatic rings. The summed E-state index contributed by atoms with van der Waals surface area (Å²) in [4.78, 5) is 18.1. The summed E-state index contributed by atoms with van der Waals surface area (Å²) in [6.07, 6.45) is 2.75. The van der Waals surface area contributed by atoms with Crippen molar-refractivity contribution in [1.29, 1.82) is 0 Å². The van der Waals surface area contributed by atoms with Gasteiger partial charge < -0.3 is 0 Å². The van der Waals surface area contributed by atoms with Crippen molar-refractivity contribution in [2.45, 2.75) is 39.7 Å². The fraction of sp³-hybridized carbons (Fsp3) is 0.444. The van der Waals surface area contributed by atoms with Crippen LogP contribution in [0.2, 0.25) is 10.0 Å². The van der Waals surface area contributed by atoms with E-state index >= 15 is 0 Å². The fourth-order valence-electron chi connectivity index (χ4n) is 3.15. The van der Waals surface area contributed by atoms with E-state index in [0.29, 0.717) is 20.8 Å². The lowest BCUT2D eigenvalue weighted by Crippen LogP contribution is -2.23. The number of allylic oxidation sites excluding steroid dienone is 1. The molecule has 1 heterocycles. The zero-order chi connectivity index (χ0) is 17.6. The maximum absolute atomic E-state index is 11.5. The van der Waals surface area contributed by atoms with E-state index in [9.17, 15) is 4.79 Å². The van der Waals surface area contributed by atoms with E-state index in [1.165, 1.54) is 5.06 Å². The molecule has 1 fully saturated rings. The summed E-state index contributed by atoms with van der Waals surface area (Å²) in [6.45, 7) is 5.98. The second-order valence-corrected chi connectivity index (χ2v) is 7.80.